The minimum atomic E-state index is -3.60. The molecule has 1 amide bonds. The fourth-order valence-corrected chi connectivity index (χ4v) is 3.37. The van der Waals surface area contributed by atoms with E-state index < -0.39 is 15.9 Å². The van der Waals surface area contributed by atoms with Gasteiger partial charge in [0.1, 0.15) is 9.71 Å². The molecular formula is C10H15N5O3S2. The van der Waals surface area contributed by atoms with Gasteiger partial charge in [0.25, 0.3) is 5.91 Å². The number of anilines is 1. The predicted molar refractivity (Wildman–Crippen MR) is 78.0 cm³/mol. The highest BCUT2D eigenvalue weighted by Crippen LogP contribution is 2.35. The van der Waals surface area contributed by atoms with Crippen LogP contribution in [0.3, 0.4) is 0 Å². The number of sulfonamides is 1. The summed E-state index contributed by atoms with van der Waals surface area (Å²) in [5.74, 6) is -0.726. The molecule has 0 spiro atoms. The molecule has 0 unspecified atom stereocenters. The van der Waals surface area contributed by atoms with Crippen LogP contribution >= 0.6 is 11.3 Å². The van der Waals surface area contributed by atoms with Crippen LogP contribution in [0.25, 0.3) is 10.2 Å². The lowest BCUT2D eigenvalue weighted by molar-refractivity contribution is 0.0961. The minimum absolute atomic E-state index is 0.0530. The average molecular weight is 317 g/mol. The summed E-state index contributed by atoms with van der Waals surface area (Å²) in [6.45, 7) is 1.76. The zero-order valence-corrected chi connectivity index (χ0v) is 12.6. The van der Waals surface area contributed by atoms with Crippen LogP contribution in [0, 0.1) is 6.92 Å². The molecule has 5 N–H and O–H groups in total. The summed E-state index contributed by atoms with van der Waals surface area (Å²) in [5, 5.41) is 12.3. The first-order valence-electron chi connectivity index (χ1n) is 5.71. The Bertz CT molecular complexity index is 775. The number of nitrogens with zero attached hydrogens (tertiary/aromatic N) is 2. The Labute approximate surface area is 119 Å². The van der Waals surface area contributed by atoms with Gasteiger partial charge in [-0.2, -0.15) is 5.10 Å². The number of hydrogen-bond acceptors (Lipinski definition) is 6. The average Bonchev–Trinajstić information content (AvgIpc) is 2.77. The Balaban J connectivity index is 2.23. The molecule has 0 aromatic carbocycles. The van der Waals surface area contributed by atoms with Crippen LogP contribution in [0.5, 0.6) is 0 Å². The second-order valence-corrected chi connectivity index (χ2v) is 7.09. The zero-order chi connectivity index (χ0) is 15.1. The fourth-order valence-electron chi connectivity index (χ4n) is 1.89. The zero-order valence-electron chi connectivity index (χ0n) is 11.0. The lowest BCUT2D eigenvalue weighted by atomic mass is 10.2. The van der Waals surface area contributed by atoms with Gasteiger partial charge in [0.05, 0.1) is 22.5 Å². The molecule has 0 aliphatic carbocycles. The highest BCUT2D eigenvalue weighted by atomic mass is 32.2. The fraction of sp³-hybridized carbons (Fsp3) is 0.400. The van der Waals surface area contributed by atoms with Crippen LogP contribution in [-0.2, 0) is 17.1 Å². The van der Waals surface area contributed by atoms with E-state index in [1.54, 1.807) is 11.7 Å². The number of nitrogen functional groups attached to an aromatic ring is 1. The van der Waals surface area contributed by atoms with Gasteiger partial charge in [-0.25, -0.2) is 13.6 Å². The maximum atomic E-state index is 12.0. The second-order valence-electron chi connectivity index (χ2n) is 4.36. The van der Waals surface area contributed by atoms with E-state index in [0.29, 0.717) is 10.6 Å². The number of amides is 1. The number of carbonyl (C=O) groups excluding carboxylic acids is 1. The van der Waals surface area contributed by atoms with Crippen LogP contribution in [0.2, 0.25) is 0 Å². The van der Waals surface area contributed by atoms with Crippen LogP contribution < -0.4 is 16.2 Å². The number of carbonyl (C=O) groups is 1. The normalized spacial score (nSPS) is 11.9. The van der Waals surface area contributed by atoms with Gasteiger partial charge in [0, 0.05) is 13.6 Å². The number of nitrogens with one attached hydrogen (secondary N) is 1. The van der Waals surface area contributed by atoms with Gasteiger partial charge >= 0.3 is 0 Å². The van der Waals surface area contributed by atoms with Gasteiger partial charge in [0.2, 0.25) is 10.0 Å². The Kier molecular flexibility index (Phi) is 3.71. The lowest BCUT2D eigenvalue weighted by Crippen LogP contribution is -2.31. The summed E-state index contributed by atoms with van der Waals surface area (Å²) < 4.78 is 23.3. The third kappa shape index (κ3) is 2.76. The van der Waals surface area contributed by atoms with Crippen molar-refractivity contribution in [3.63, 3.8) is 0 Å². The number of thiophene rings is 1. The van der Waals surface area contributed by atoms with Crippen LogP contribution in [0.15, 0.2) is 0 Å². The van der Waals surface area contributed by atoms with Crippen LogP contribution in [-0.4, -0.2) is 36.4 Å². The van der Waals surface area contributed by atoms with E-state index in [1.807, 2.05) is 6.92 Å². The van der Waals surface area contributed by atoms with E-state index >= 15 is 0 Å². The summed E-state index contributed by atoms with van der Waals surface area (Å²) in [6.07, 6.45) is 0. The molecule has 0 fully saturated rings. The molecule has 10 heteroatoms. The van der Waals surface area contributed by atoms with Crippen LogP contribution in [0.4, 0.5) is 5.69 Å². The van der Waals surface area contributed by atoms with Crippen molar-refractivity contribution >= 4 is 43.2 Å². The smallest absolute Gasteiger partial charge is 0.263 e. The minimum Gasteiger partial charge on any atom is -0.397 e. The van der Waals surface area contributed by atoms with E-state index in [4.69, 9.17) is 10.9 Å². The van der Waals surface area contributed by atoms with Crippen molar-refractivity contribution in [3.05, 3.63) is 10.6 Å². The molecule has 0 saturated carbocycles. The summed E-state index contributed by atoms with van der Waals surface area (Å²) in [7, 11) is -1.82. The summed E-state index contributed by atoms with van der Waals surface area (Å²) in [4.78, 5) is 13.2. The molecule has 0 bridgehead atoms. The first kappa shape index (κ1) is 14.8. The van der Waals surface area contributed by atoms with E-state index in [1.165, 1.54) is 11.3 Å². The van der Waals surface area contributed by atoms with Gasteiger partial charge < -0.3 is 11.1 Å². The molecule has 20 heavy (non-hydrogen) atoms. The standard InChI is InChI=1S/C10H15N5O3S2/c1-5-6-7(11)8(19-10(6)15(2)14-5)9(16)13-3-4-20(12,17)18/h3-4,11H2,1-2H3,(H,13,16)(H2,12,17,18). The lowest BCUT2D eigenvalue weighted by Gasteiger charge is -2.03. The van der Waals surface area contributed by atoms with Crippen molar-refractivity contribution in [1.29, 1.82) is 0 Å². The summed E-state index contributed by atoms with van der Waals surface area (Å²) in [5.41, 5.74) is 7.08. The Morgan fingerprint density at radius 3 is 2.70 bits per heavy atom. The monoisotopic (exact) mass is 317 g/mol. The maximum absolute atomic E-state index is 12.0. The van der Waals surface area contributed by atoms with E-state index in [-0.39, 0.29) is 12.3 Å². The van der Waals surface area contributed by atoms with Gasteiger partial charge in [0.15, 0.2) is 0 Å². The number of rotatable bonds is 4. The number of aromatic nitrogens is 2. The highest BCUT2D eigenvalue weighted by Gasteiger charge is 2.20. The number of primary sulfonamides is 1. The molecule has 2 rings (SSSR count). The van der Waals surface area contributed by atoms with Gasteiger partial charge in [-0.1, -0.05) is 0 Å². The van der Waals surface area contributed by atoms with Gasteiger partial charge in [-0.15, -0.1) is 11.3 Å². The van der Waals surface area contributed by atoms with Crippen molar-refractivity contribution < 1.29 is 13.2 Å². The first-order valence-corrected chi connectivity index (χ1v) is 8.24. The highest BCUT2D eigenvalue weighted by molar-refractivity contribution is 7.89. The van der Waals surface area contributed by atoms with Crippen molar-refractivity contribution in [2.75, 3.05) is 18.0 Å². The van der Waals surface area contributed by atoms with E-state index in [0.717, 1.165) is 15.9 Å². The topological polar surface area (TPSA) is 133 Å². The predicted octanol–water partition coefficient (Wildman–Crippen LogP) is -0.456. The van der Waals surface area contributed by atoms with Gasteiger partial charge in [-0.05, 0) is 6.92 Å². The molecule has 110 valence electrons. The quantitative estimate of drug-likeness (QED) is 0.702. The van der Waals surface area contributed by atoms with Crippen LogP contribution in [0.1, 0.15) is 15.4 Å². The molecular weight excluding hydrogens is 302 g/mol. The Morgan fingerprint density at radius 1 is 1.50 bits per heavy atom. The molecule has 0 radical (unpaired) electrons. The number of aryl methyl sites for hydroxylation is 2. The maximum Gasteiger partial charge on any atom is 0.263 e. The third-order valence-corrected chi connectivity index (χ3v) is 4.80. The molecule has 0 saturated heterocycles. The summed E-state index contributed by atoms with van der Waals surface area (Å²) >= 11 is 1.22. The van der Waals surface area contributed by atoms with E-state index in [2.05, 4.69) is 10.4 Å². The number of hydrogen-bond donors (Lipinski definition) is 3. The Hall–Kier alpha value is -1.65. The first-order chi connectivity index (χ1) is 9.20. The molecule has 0 atom stereocenters. The van der Waals surface area contributed by atoms with Crippen molar-refractivity contribution in [2.45, 2.75) is 6.92 Å². The Morgan fingerprint density at radius 2 is 2.15 bits per heavy atom. The SMILES string of the molecule is Cc1nn(C)c2sc(C(=O)NCCS(N)(=O)=O)c(N)c12. The third-order valence-electron chi connectivity index (χ3n) is 2.76. The van der Waals surface area contributed by atoms with E-state index in [9.17, 15) is 13.2 Å². The molecule has 2 heterocycles. The largest absolute Gasteiger partial charge is 0.397 e. The summed E-state index contributed by atoms with van der Waals surface area (Å²) in [6, 6.07) is 0. The van der Waals surface area contributed by atoms with Crippen molar-refractivity contribution in [1.82, 2.24) is 15.1 Å². The molecule has 2 aromatic rings. The molecule has 0 aliphatic heterocycles. The number of nitrogens with two attached hydrogens (primary N) is 2. The van der Waals surface area contributed by atoms with Crippen molar-refractivity contribution in [3.8, 4) is 0 Å². The molecule has 2 aromatic heterocycles. The molecule has 0 aliphatic rings. The van der Waals surface area contributed by atoms with Crippen molar-refractivity contribution in [2.24, 2.45) is 12.2 Å². The van der Waals surface area contributed by atoms with Gasteiger partial charge in [-0.3, -0.25) is 9.48 Å². The number of fused-ring (bicyclic) bond motifs is 1. The second kappa shape index (κ2) is 5.04. The molecule has 8 nitrogen and oxygen atoms in total.